The van der Waals surface area contributed by atoms with Gasteiger partial charge in [-0.15, -0.1) is 0 Å². The van der Waals surface area contributed by atoms with E-state index in [1.165, 1.54) is 0 Å². The van der Waals surface area contributed by atoms with Crippen LogP contribution in [0.3, 0.4) is 0 Å². The van der Waals surface area contributed by atoms with E-state index in [2.05, 4.69) is 25.9 Å². The van der Waals surface area contributed by atoms with Crippen molar-refractivity contribution in [1.29, 1.82) is 0 Å². The number of ketones is 1. The molecule has 3 aliphatic carbocycles. The minimum atomic E-state index is -2.19. The van der Waals surface area contributed by atoms with Gasteiger partial charge in [0.1, 0.15) is 11.5 Å². The molecule has 3 fully saturated rings. The Labute approximate surface area is 279 Å². The molecule has 0 bridgehead atoms. The van der Waals surface area contributed by atoms with Crippen molar-refractivity contribution in [2.45, 2.75) is 129 Å². The SMILES string of the molecule is CC[Si](CC)(CC)OC(CN(CC1(F)CC2(CC2)C1)C(=O)c1cnn(C2CCC(C)(C(C)=O)CC2)c1C)c1c(Cl)cccc1Cl. The van der Waals surface area contributed by atoms with Crippen LogP contribution in [0.15, 0.2) is 24.4 Å². The Balaban J connectivity index is 1.47. The maximum atomic E-state index is 16.3. The Morgan fingerprint density at radius 1 is 1.09 bits per heavy atom. The highest BCUT2D eigenvalue weighted by Crippen LogP contribution is 2.66. The average Bonchev–Trinajstić information content (AvgIpc) is 3.67. The van der Waals surface area contributed by atoms with Crippen LogP contribution in [-0.2, 0) is 9.22 Å². The molecule has 3 aliphatic rings. The fourth-order valence-electron chi connectivity index (χ4n) is 8.01. The second-order valence-electron chi connectivity index (χ2n) is 14.6. The maximum Gasteiger partial charge on any atom is 0.257 e. The van der Waals surface area contributed by atoms with Crippen LogP contribution in [0, 0.1) is 17.8 Å². The van der Waals surface area contributed by atoms with Gasteiger partial charge in [-0.1, -0.05) is 57.0 Å². The lowest BCUT2D eigenvalue weighted by molar-refractivity contribution is -0.127. The number of carbonyl (C=O) groups excluding carboxylic acids is 2. The molecule has 0 radical (unpaired) electrons. The molecule has 0 aliphatic heterocycles. The first-order chi connectivity index (χ1) is 21.2. The number of hydrogen-bond acceptors (Lipinski definition) is 4. The van der Waals surface area contributed by atoms with E-state index < -0.39 is 20.1 Å². The van der Waals surface area contributed by atoms with Crippen LogP contribution < -0.4 is 0 Å². The molecule has 1 spiro atoms. The number of halogens is 3. The van der Waals surface area contributed by atoms with Crippen LogP contribution in [0.1, 0.15) is 120 Å². The van der Waals surface area contributed by atoms with Gasteiger partial charge in [0.05, 0.1) is 37.0 Å². The topological polar surface area (TPSA) is 64.4 Å². The van der Waals surface area contributed by atoms with Crippen molar-refractivity contribution in [2.24, 2.45) is 10.8 Å². The van der Waals surface area contributed by atoms with Crippen molar-refractivity contribution in [2.75, 3.05) is 13.1 Å². The lowest BCUT2D eigenvalue weighted by Gasteiger charge is -2.45. The maximum absolute atomic E-state index is 16.3. The normalized spacial score (nSPS) is 24.2. The molecule has 1 atom stereocenters. The highest BCUT2D eigenvalue weighted by atomic mass is 35.5. The summed E-state index contributed by atoms with van der Waals surface area (Å²) in [7, 11) is -2.19. The lowest BCUT2D eigenvalue weighted by atomic mass is 9.69. The van der Waals surface area contributed by atoms with Crippen LogP contribution in [0.2, 0.25) is 28.2 Å². The summed E-state index contributed by atoms with van der Waals surface area (Å²) in [5.74, 6) is -0.0177. The van der Waals surface area contributed by atoms with Crippen LogP contribution in [0.4, 0.5) is 4.39 Å². The van der Waals surface area contributed by atoms with E-state index in [9.17, 15) is 9.59 Å². The zero-order chi connectivity index (χ0) is 32.8. The molecule has 1 unspecified atom stereocenters. The van der Waals surface area contributed by atoms with E-state index in [1.54, 1.807) is 36.2 Å². The largest absolute Gasteiger partial charge is 0.408 e. The molecule has 0 saturated heterocycles. The molecule has 5 rings (SSSR count). The first-order valence-electron chi connectivity index (χ1n) is 16.9. The van der Waals surface area contributed by atoms with Crippen molar-refractivity contribution in [3.8, 4) is 0 Å². The molecule has 6 nitrogen and oxygen atoms in total. The van der Waals surface area contributed by atoms with E-state index in [0.717, 1.165) is 62.4 Å². The van der Waals surface area contributed by atoms with Crippen molar-refractivity contribution < 1.29 is 18.4 Å². The number of benzene rings is 1. The van der Waals surface area contributed by atoms with Gasteiger partial charge < -0.3 is 9.33 Å². The Morgan fingerprint density at radius 2 is 1.67 bits per heavy atom. The summed E-state index contributed by atoms with van der Waals surface area (Å²) in [6, 6.07) is 8.26. The second kappa shape index (κ2) is 13.0. The molecular weight excluding hydrogens is 628 g/mol. The molecular formula is C35H50Cl2FN3O3Si. The van der Waals surface area contributed by atoms with Crippen molar-refractivity contribution in [3.63, 3.8) is 0 Å². The highest BCUT2D eigenvalue weighted by Gasteiger charge is 2.62. The van der Waals surface area contributed by atoms with Gasteiger partial charge in [0.15, 0.2) is 8.32 Å². The fourth-order valence-corrected chi connectivity index (χ4v) is 11.4. The number of Topliss-reactive ketones (excluding diaryl/α,β-unsaturated/α-hetero) is 1. The van der Waals surface area contributed by atoms with Crippen LogP contribution in [0.25, 0.3) is 0 Å². The number of amides is 1. The van der Waals surface area contributed by atoms with E-state index in [0.29, 0.717) is 34.0 Å². The zero-order valence-corrected chi connectivity index (χ0v) is 30.4. The van der Waals surface area contributed by atoms with E-state index >= 15 is 4.39 Å². The molecule has 1 aromatic heterocycles. The van der Waals surface area contributed by atoms with Gasteiger partial charge in [0.2, 0.25) is 0 Å². The third-order valence-corrected chi connectivity index (χ3v) is 17.0. The van der Waals surface area contributed by atoms with Crippen LogP contribution in [0.5, 0.6) is 0 Å². The number of aromatic nitrogens is 2. The first kappa shape index (κ1) is 34.6. The summed E-state index contributed by atoms with van der Waals surface area (Å²) in [5, 5.41) is 5.66. The van der Waals surface area contributed by atoms with Crippen LogP contribution in [-0.4, -0.2) is 53.4 Å². The summed E-state index contributed by atoms with van der Waals surface area (Å²) in [6.07, 6.45) is 7.42. The molecule has 1 heterocycles. The molecule has 1 amide bonds. The molecule has 45 heavy (non-hydrogen) atoms. The third-order valence-electron chi connectivity index (χ3n) is 11.7. The predicted octanol–water partition coefficient (Wildman–Crippen LogP) is 9.70. The van der Waals surface area contributed by atoms with Gasteiger partial charge in [0, 0.05) is 26.7 Å². The standard InChI is InChI=1S/C35H50Cl2FN3O3Si/c1-7-45(8-2,9-3)44-30(31-28(36)11-10-12-29(31)37)20-40(23-35(38)21-34(22-35)17-18-34)32(43)27-19-39-41(24(27)4)26-13-15-33(6,16-14-26)25(5)42/h10-12,19,26,30H,7-9,13-18,20-23H2,1-6H3. The summed E-state index contributed by atoms with van der Waals surface area (Å²) in [6.45, 7) is 12.3. The van der Waals surface area contributed by atoms with Crippen LogP contribution >= 0.6 is 23.2 Å². The van der Waals surface area contributed by atoms with E-state index in [1.807, 2.05) is 18.5 Å². The molecule has 248 valence electrons. The van der Waals surface area contributed by atoms with Crippen molar-refractivity contribution >= 4 is 43.2 Å². The average molecular weight is 679 g/mol. The Morgan fingerprint density at radius 3 is 2.18 bits per heavy atom. The quantitative estimate of drug-likeness (QED) is 0.198. The molecule has 0 N–H and O–H groups in total. The van der Waals surface area contributed by atoms with Gasteiger partial charge >= 0.3 is 0 Å². The summed E-state index contributed by atoms with van der Waals surface area (Å²) >= 11 is 13.5. The molecule has 1 aromatic carbocycles. The fraction of sp³-hybridized carbons (Fsp3) is 0.686. The van der Waals surface area contributed by atoms with Gasteiger partial charge in [0.25, 0.3) is 5.91 Å². The van der Waals surface area contributed by atoms with Gasteiger partial charge in [-0.2, -0.15) is 5.10 Å². The van der Waals surface area contributed by atoms with Gasteiger partial charge in [-0.25, -0.2) is 4.39 Å². The van der Waals surface area contributed by atoms with Crippen molar-refractivity contribution in [1.82, 2.24) is 14.7 Å². The molecule has 3 saturated carbocycles. The second-order valence-corrected chi connectivity index (χ2v) is 20.1. The molecule has 2 aromatic rings. The minimum Gasteiger partial charge on any atom is -0.408 e. The Hall–Kier alpha value is -1.74. The van der Waals surface area contributed by atoms with Crippen molar-refractivity contribution in [3.05, 3.63) is 51.3 Å². The molecule has 10 heteroatoms. The number of carbonyl (C=O) groups is 2. The summed E-state index contributed by atoms with van der Waals surface area (Å²) in [5.41, 5.74) is 0.320. The van der Waals surface area contributed by atoms with E-state index in [4.69, 9.17) is 27.6 Å². The third kappa shape index (κ3) is 6.95. The van der Waals surface area contributed by atoms with Gasteiger partial charge in [-0.3, -0.25) is 14.3 Å². The highest BCUT2D eigenvalue weighted by molar-refractivity contribution is 6.73. The predicted molar refractivity (Wildman–Crippen MR) is 181 cm³/mol. The monoisotopic (exact) mass is 677 g/mol. The van der Waals surface area contributed by atoms with Gasteiger partial charge in [-0.05, 0) is 101 Å². The minimum absolute atomic E-state index is 0.000535. The Kier molecular flexibility index (Phi) is 10.0. The van der Waals surface area contributed by atoms with E-state index in [-0.39, 0.29) is 41.7 Å². The summed E-state index contributed by atoms with van der Waals surface area (Å²) in [4.78, 5) is 28.4. The number of alkyl halides is 1. The number of nitrogens with zero attached hydrogens (tertiary/aromatic N) is 3. The summed E-state index contributed by atoms with van der Waals surface area (Å²) < 4.78 is 25.3. The first-order valence-corrected chi connectivity index (χ1v) is 20.2. The zero-order valence-electron chi connectivity index (χ0n) is 27.9. The Bertz CT molecular complexity index is 1380. The smallest absolute Gasteiger partial charge is 0.257 e. The number of rotatable bonds is 13. The lowest BCUT2D eigenvalue weighted by Crippen LogP contribution is -2.53. The number of hydrogen-bond donors (Lipinski definition) is 0.